The van der Waals surface area contributed by atoms with Crippen molar-refractivity contribution in [1.82, 2.24) is 40.7 Å². The number of rotatable bonds is 14. The second-order valence-electron chi connectivity index (χ2n) is 9.48. The molecular formula is C25H23ClN10O8S3. The lowest BCUT2D eigenvalue weighted by molar-refractivity contribution is -0.150. The Morgan fingerprint density at radius 1 is 1.32 bits per heavy atom. The van der Waals surface area contributed by atoms with E-state index in [1.807, 2.05) is 0 Å². The number of aliphatic carboxylic acids is 1. The summed E-state index contributed by atoms with van der Waals surface area (Å²) < 4.78 is 1.44. The van der Waals surface area contributed by atoms with E-state index in [2.05, 4.69) is 41.6 Å². The number of phenols is 1. The predicted molar refractivity (Wildman–Crippen MR) is 169 cm³/mol. The second-order valence-corrected chi connectivity index (χ2v) is 12.8. The average molecular weight is 723 g/mol. The number of halogens is 1. The smallest absolute Gasteiger partial charge is 0.352 e. The molecule has 3 aromatic rings. The van der Waals surface area contributed by atoms with Gasteiger partial charge in [-0.05, 0) is 34.2 Å². The molecule has 246 valence electrons. The topological polar surface area (TPSA) is 243 Å². The molecule has 0 saturated carbocycles. The van der Waals surface area contributed by atoms with Crippen LogP contribution in [0.5, 0.6) is 5.75 Å². The van der Waals surface area contributed by atoms with Gasteiger partial charge in [-0.1, -0.05) is 28.5 Å². The number of anilines is 1. The lowest BCUT2D eigenvalue weighted by atomic mass is 10.0. The van der Waals surface area contributed by atoms with Gasteiger partial charge >= 0.3 is 5.97 Å². The summed E-state index contributed by atoms with van der Waals surface area (Å²) in [4.78, 5) is 72.6. The molecule has 0 radical (unpaired) electrons. The van der Waals surface area contributed by atoms with Crippen LogP contribution < -0.4 is 16.0 Å². The summed E-state index contributed by atoms with van der Waals surface area (Å²) in [6, 6.07) is 2.91. The number of nitrogens with one attached hydrogen (secondary N) is 3. The number of β-lactam (4-membered cyclic amide) rings is 1. The molecule has 1 unspecified atom stereocenters. The van der Waals surface area contributed by atoms with Crippen LogP contribution in [0.2, 0.25) is 5.02 Å². The maximum atomic E-state index is 13.4. The number of carbonyl (C=O) groups is 5. The van der Waals surface area contributed by atoms with Crippen molar-refractivity contribution >= 4 is 87.4 Å². The number of phenolic OH excluding ortho intramolecular Hbond substituents is 1. The van der Waals surface area contributed by atoms with Gasteiger partial charge in [0.1, 0.15) is 35.2 Å². The first-order valence-corrected chi connectivity index (χ1v) is 16.6. The van der Waals surface area contributed by atoms with Crippen LogP contribution in [-0.2, 0) is 31.1 Å². The Morgan fingerprint density at radius 3 is 2.85 bits per heavy atom. The van der Waals surface area contributed by atoms with Crippen molar-refractivity contribution in [1.29, 1.82) is 0 Å². The molecule has 4 heterocycles. The number of carboxylic acids is 1. The summed E-state index contributed by atoms with van der Waals surface area (Å²) in [5.41, 5.74) is -0.0342. The number of amides is 4. The van der Waals surface area contributed by atoms with Crippen molar-refractivity contribution < 1.29 is 39.0 Å². The van der Waals surface area contributed by atoms with E-state index >= 15 is 0 Å². The van der Waals surface area contributed by atoms with Gasteiger partial charge in [-0.2, -0.15) is 0 Å². The molecule has 2 aromatic heterocycles. The minimum absolute atomic E-state index is 0.0216. The van der Waals surface area contributed by atoms with E-state index in [4.69, 9.17) is 16.4 Å². The highest BCUT2D eigenvalue weighted by molar-refractivity contribution is 8.01. The quantitative estimate of drug-likeness (QED) is 0.0375. The molecule has 2 aliphatic rings. The molecule has 1 saturated heterocycles. The normalized spacial score (nSPS) is 17.4. The molecule has 1 aromatic carbocycles. The molecule has 2 atom stereocenters. The fourth-order valence-corrected chi connectivity index (χ4v) is 7.47. The largest absolute Gasteiger partial charge is 0.507 e. The first-order valence-electron chi connectivity index (χ1n) is 13.3. The molecule has 1 fully saturated rings. The molecule has 2 aliphatic heterocycles. The summed E-state index contributed by atoms with van der Waals surface area (Å²) in [5.74, 6) is -3.16. The van der Waals surface area contributed by atoms with Gasteiger partial charge < -0.3 is 31.0 Å². The van der Waals surface area contributed by atoms with Crippen LogP contribution in [-0.4, -0.2) is 112 Å². The summed E-state index contributed by atoms with van der Waals surface area (Å²) in [6.07, 6.45) is 0.406. The van der Waals surface area contributed by atoms with Crippen LogP contribution in [0.4, 0.5) is 5.13 Å². The SMILES string of the molecule is Cn1nnnc1SCC1=C(C(=O)O)N2C(=O)C(NC(=O)C(=NOCCNC(=O)c3cc(Cl)ccc3O)c3csc(NC=O)n3)[C@H]2SC1. The van der Waals surface area contributed by atoms with Crippen LogP contribution in [0.1, 0.15) is 16.1 Å². The van der Waals surface area contributed by atoms with Gasteiger partial charge in [0.15, 0.2) is 10.8 Å². The molecule has 0 bridgehead atoms. The number of nitrogens with zero attached hydrogens (tertiary/aromatic N) is 7. The zero-order chi connectivity index (χ0) is 33.7. The number of thioether (sulfide) groups is 2. The van der Waals surface area contributed by atoms with E-state index < -0.39 is 35.1 Å². The summed E-state index contributed by atoms with van der Waals surface area (Å²) in [6.45, 7) is -0.287. The first kappa shape index (κ1) is 33.6. The maximum absolute atomic E-state index is 13.4. The van der Waals surface area contributed by atoms with Gasteiger partial charge in [-0.25, -0.2) is 14.5 Å². The van der Waals surface area contributed by atoms with Gasteiger partial charge in [-0.15, -0.1) is 28.2 Å². The van der Waals surface area contributed by atoms with Crippen molar-refractivity contribution in [3.05, 3.63) is 51.1 Å². The third-order valence-electron chi connectivity index (χ3n) is 6.48. The Balaban J connectivity index is 1.25. The molecule has 0 spiro atoms. The molecule has 0 aliphatic carbocycles. The number of aryl methyl sites for hydroxylation is 1. The Bertz CT molecular complexity index is 1800. The number of oxime groups is 1. The van der Waals surface area contributed by atoms with Crippen molar-refractivity contribution in [3.8, 4) is 5.75 Å². The number of aromatic hydroxyl groups is 1. The fourth-order valence-electron chi connectivity index (χ4n) is 4.31. The molecular weight excluding hydrogens is 700 g/mol. The van der Waals surface area contributed by atoms with E-state index in [1.165, 1.54) is 51.8 Å². The Labute approximate surface area is 281 Å². The van der Waals surface area contributed by atoms with Gasteiger partial charge in [0.25, 0.3) is 17.7 Å². The zero-order valence-corrected chi connectivity index (χ0v) is 27.2. The lowest BCUT2D eigenvalue weighted by Gasteiger charge is -2.49. The fraction of sp³-hybridized carbons (Fsp3) is 0.280. The highest BCUT2D eigenvalue weighted by Crippen LogP contribution is 2.41. The van der Waals surface area contributed by atoms with Crippen LogP contribution in [0.25, 0.3) is 0 Å². The number of carboxylic acid groups (broad SMARTS) is 1. The molecule has 5 N–H and O–H groups in total. The summed E-state index contributed by atoms with van der Waals surface area (Å²) in [7, 11) is 1.65. The highest BCUT2D eigenvalue weighted by Gasteiger charge is 2.54. The molecule has 47 heavy (non-hydrogen) atoms. The van der Waals surface area contributed by atoms with Crippen LogP contribution in [0.15, 0.2) is 45.2 Å². The van der Waals surface area contributed by atoms with Gasteiger partial charge in [0.2, 0.25) is 11.6 Å². The van der Waals surface area contributed by atoms with E-state index in [-0.39, 0.29) is 63.2 Å². The molecule has 4 amide bonds. The number of fused-ring (bicyclic) bond motifs is 1. The summed E-state index contributed by atoms with van der Waals surface area (Å²) >= 11 is 9.40. The number of carbonyl (C=O) groups excluding carboxylic acids is 4. The minimum Gasteiger partial charge on any atom is -0.507 e. The minimum atomic E-state index is -1.29. The number of aromatic nitrogens is 5. The van der Waals surface area contributed by atoms with Crippen molar-refractivity contribution in [2.75, 3.05) is 30.0 Å². The number of thiazole rings is 1. The molecule has 18 nitrogen and oxygen atoms in total. The Hall–Kier alpha value is -4.73. The summed E-state index contributed by atoms with van der Waals surface area (Å²) in [5, 5.41) is 44.0. The maximum Gasteiger partial charge on any atom is 0.352 e. The highest BCUT2D eigenvalue weighted by atomic mass is 35.5. The second kappa shape index (κ2) is 14.8. The lowest BCUT2D eigenvalue weighted by Crippen LogP contribution is -2.71. The third-order valence-corrected chi connectivity index (χ3v) is 9.92. The van der Waals surface area contributed by atoms with Crippen molar-refractivity contribution in [3.63, 3.8) is 0 Å². The van der Waals surface area contributed by atoms with Gasteiger partial charge in [-0.3, -0.25) is 24.1 Å². The number of tetrazole rings is 1. The third kappa shape index (κ3) is 7.48. The first-order chi connectivity index (χ1) is 22.6. The van der Waals surface area contributed by atoms with E-state index in [0.29, 0.717) is 17.1 Å². The standard InChI is InChI=1S/C25H23ClN10O8S3/c1-35-25(31-33-34-35)47-8-11-7-45-22-17(21(41)36(22)18(11)23(42)43)30-20(40)16(14-9-46-24(29-14)28-10-37)32-44-5-4-27-19(39)13-6-12(26)2-3-15(13)38/h2-3,6,9-10,17,22,38H,4-5,7-8H2,1H3,(H,27,39)(H,30,40)(H,42,43)(H,28,29,37)/t17?,22-/m1/s1. The van der Waals surface area contributed by atoms with Crippen LogP contribution >= 0.6 is 46.5 Å². The number of hydrogen-bond donors (Lipinski definition) is 5. The molecule has 5 rings (SSSR count). The zero-order valence-electron chi connectivity index (χ0n) is 23.9. The average Bonchev–Trinajstić information content (AvgIpc) is 3.69. The van der Waals surface area contributed by atoms with Crippen molar-refractivity contribution in [2.45, 2.75) is 16.6 Å². The van der Waals surface area contributed by atoms with Crippen molar-refractivity contribution in [2.24, 2.45) is 12.2 Å². The van der Waals surface area contributed by atoms with E-state index in [9.17, 15) is 34.2 Å². The number of benzene rings is 1. The van der Waals surface area contributed by atoms with Crippen LogP contribution in [0.3, 0.4) is 0 Å². The van der Waals surface area contributed by atoms with Gasteiger partial charge in [0, 0.05) is 29.0 Å². The van der Waals surface area contributed by atoms with E-state index in [1.54, 1.807) is 7.05 Å². The van der Waals surface area contributed by atoms with E-state index in [0.717, 1.165) is 16.2 Å². The number of hydrogen-bond acceptors (Lipinski definition) is 15. The monoisotopic (exact) mass is 722 g/mol. The molecule has 22 heteroatoms. The Morgan fingerprint density at radius 2 is 2.13 bits per heavy atom. The predicted octanol–water partition coefficient (Wildman–Crippen LogP) is 0.276. The Kier molecular flexibility index (Phi) is 10.6. The van der Waals surface area contributed by atoms with Crippen LogP contribution in [0, 0.1) is 0 Å². The van der Waals surface area contributed by atoms with Gasteiger partial charge in [0.05, 0.1) is 12.1 Å².